The van der Waals surface area contributed by atoms with E-state index >= 15 is 0 Å². The number of methoxy groups -OCH3 is 1. The normalized spacial score (nSPS) is 14.3. The number of carbonyl (C=O) groups excluding carboxylic acids is 1. The van der Waals surface area contributed by atoms with E-state index in [9.17, 15) is 18.0 Å². The first kappa shape index (κ1) is 10.2. The lowest BCUT2D eigenvalue weighted by atomic mass is 10.2. The number of alkyl halides is 3. The van der Waals surface area contributed by atoms with E-state index in [1.54, 1.807) is 0 Å². The number of hydrogen-bond acceptors (Lipinski definition) is 3. The first-order valence-electron chi connectivity index (χ1n) is 2.77. The molecule has 66 valence electrons. The minimum atomic E-state index is -4.53. The first-order valence-corrected chi connectivity index (χ1v) is 2.77. The Bertz CT molecular complexity index is 145. The molecule has 0 aliphatic carbocycles. The maximum absolute atomic E-state index is 11.6. The predicted octanol–water partition coefficient (Wildman–Crippen LogP) is 0.439. The van der Waals surface area contributed by atoms with Crippen LogP contribution in [0.25, 0.3) is 0 Å². The summed E-state index contributed by atoms with van der Waals surface area (Å²) in [5.41, 5.74) is 4.60. The van der Waals surface area contributed by atoms with E-state index in [-0.39, 0.29) is 0 Å². The molecule has 0 aromatic heterocycles. The van der Waals surface area contributed by atoms with Gasteiger partial charge < -0.3 is 10.5 Å². The summed E-state index contributed by atoms with van der Waals surface area (Å²) >= 11 is 0. The highest BCUT2D eigenvalue weighted by Gasteiger charge is 2.38. The van der Waals surface area contributed by atoms with E-state index in [0.29, 0.717) is 0 Å². The van der Waals surface area contributed by atoms with E-state index in [1.165, 1.54) is 0 Å². The van der Waals surface area contributed by atoms with Crippen molar-refractivity contribution in [2.45, 2.75) is 18.6 Å². The smallest absolute Gasteiger partial charge is 0.404 e. The zero-order valence-electron chi connectivity index (χ0n) is 5.81. The average molecular weight is 171 g/mol. The lowest BCUT2D eigenvalue weighted by Crippen LogP contribution is -2.39. The molecule has 0 rings (SSSR count). The van der Waals surface area contributed by atoms with Gasteiger partial charge in [-0.05, 0) is 0 Å². The topological polar surface area (TPSA) is 52.3 Å². The van der Waals surface area contributed by atoms with Gasteiger partial charge in [-0.1, -0.05) is 0 Å². The first-order chi connectivity index (χ1) is 4.88. The molecule has 2 N–H and O–H groups in total. The summed E-state index contributed by atoms with van der Waals surface area (Å²) in [5.74, 6) is -0.963. The van der Waals surface area contributed by atoms with E-state index in [0.717, 1.165) is 7.11 Å². The molecule has 3 nitrogen and oxygen atoms in total. The van der Waals surface area contributed by atoms with Crippen molar-refractivity contribution < 1.29 is 22.7 Å². The van der Waals surface area contributed by atoms with E-state index in [1.807, 2.05) is 0 Å². The zero-order chi connectivity index (χ0) is 9.07. The van der Waals surface area contributed by atoms with Crippen LogP contribution in [0.5, 0.6) is 0 Å². The Kier molecular flexibility index (Phi) is 3.31. The standard InChI is InChI=1S/C5H8F3NO2/c1-11-4(10)2-3(9)5(6,7)8/h3H,2,9H2,1H3/t3-/m1/s1. The van der Waals surface area contributed by atoms with Gasteiger partial charge in [0.25, 0.3) is 0 Å². The second-order valence-electron chi connectivity index (χ2n) is 1.93. The van der Waals surface area contributed by atoms with Gasteiger partial charge in [-0.25, -0.2) is 0 Å². The van der Waals surface area contributed by atoms with Gasteiger partial charge in [-0.15, -0.1) is 0 Å². The fourth-order valence-electron chi connectivity index (χ4n) is 0.379. The van der Waals surface area contributed by atoms with Crippen LogP contribution in [0.1, 0.15) is 6.42 Å². The molecule has 0 saturated carbocycles. The molecule has 0 heterocycles. The largest absolute Gasteiger partial charge is 0.469 e. The van der Waals surface area contributed by atoms with Crippen LogP contribution in [0.3, 0.4) is 0 Å². The van der Waals surface area contributed by atoms with Gasteiger partial charge in [-0.3, -0.25) is 4.79 Å². The van der Waals surface area contributed by atoms with Crippen molar-refractivity contribution in [3.8, 4) is 0 Å². The molecule has 11 heavy (non-hydrogen) atoms. The van der Waals surface area contributed by atoms with Crippen LogP contribution in [-0.4, -0.2) is 25.3 Å². The van der Waals surface area contributed by atoms with Crippen molar-refractivity contribution in [2.75, 3.05) is 7.11 Å². The SMILES string of the molecule is COC(=O)C[C@@H](N)C(F)(F)F. The third kappa shape index (κ3) is 3.82. The molecule has 6 heteroatoms. The second-order valence-corrected chi connectivity index (χ2v) is 1.93. The molecule has 0 radical (unpaired) electrons. The number of carbonyl (C=O) groups is 1. The molecule has 0 unspecified atom stereocenters. The highest BCUT2D eigenvalue weighted by molar-refractivity contribution is 5.69. The predicted molar refractivity (Wildman–Crippen MR) is 30.7 cm³/mol. The van der Waals surface area contributed by atoms with Crippen molar-refractivity contribution in [3.63, 3.8) is 0 Å². The molecule has 0 amide bonds. The van der Waals surface area contributed by atoms with Crippen LogP contribution >= 0.6 is 0 Å². The van der Waals surface area contributed by atoms with Crippen molar-refractivity contribution in [3.05, 3.63) is 0 Å². The van der Waals surface area contributed by atoms with Crippen LogP contribution < -0.4 is 5.73 Å². The monoisotopic (exact) mass is 171 g/mol. The van der Waals surface area contributed by atoms with Crippen molar-refractivity contribution in [2.24, 2.45) is 5.73 Å². The van der Waals surface area contributed by atoms with E-state index in [2.05, 4.69) is 10.5 Å². The maximum atomic E-state index is 11.6. The Balaban J connectivity index is 3.87. The fraction of sp³-hybridized carbons (Fsp3) is 0.800. The van der Waals surface area contributed by atoms with Crippen LogP contribution in [0.2, 0.25) is 0 Å². The molecular weight excluding hydrogens is 163 g/mol. The summed E-state index contributed by atoms with van der Waals surface area (Å²) in [6.07, 6.45) is -5.37. The number of rotatable bonds is 2. The number of ether oxygens (including phenoxy) is 1. The summed E-state index contributed by atoms with van der Waals surface area (Å²) in [6.45, 7) is 0. The summed E-state index contributed by atoms with van der Waals surface area (Å²) in [4.78, 5) is 10.3. The van der Waals surface area contributed by atoms with Gasteiger partial charge in [-0.2, -0.15) is 13.2 Å². The summed E-state index contributed by atoms with van der Waals surface area (Å²) < 4.78 is 38.8. The summed E-state index contributed by atoms with van der Waals surface area (Å²) in [7, 11) is 1.01. The molecule has 0 aromatic rings. The molecular formula is C5H8F3NO2. The maximum Gasteiger partial charge on any atom is 0.404 e. The molecule has 0 aromatic carbocycles. The van der Waals surface area contributed by atoms with E-state index < -0.39 is 24.6 Å². The van der Waals surface area contributed by atoms with Crippen LogP contribution in [0.4, 0.5) is 13.2 Å². The van der Waals surface area contributed by atoms with Gasteiger partial charge in [0.05, 0.1) is 13.5 Å². The Morgan fingerprint density at radius 3 is 2.36 bits per heavy atom. The number of esters is 1. The van der Waals surface area contributed by atoms with Gasteiger partial charge >= 0.3 is 12.1 Å². The van der Waals surface area contributed by atoms with Crippen LogP contribution in [0, 0.1) is 0 Å². The minimum Gasteiger partial charge on any atom is -0.469 e. The molecule has 1 atom stereocenters. The van der Waals surface area contributed by atoms with Gasteiger partial charge in [0.15, 0.2) is 0 Å². The van der Waals surface area contributed by atoms with Crippen molar-refractivity contribution in [1.29, 1.82) is 0 Å². The lowest BCUT2D eigenvalue weighted by Gasteiger charge is -2.13. The van der Waals surface area contributed by atoms with Crippen LogP contribution in [0.15, 0.2) is 0 Å². The number of hydrogen-bond donors (Lipinski definition) is 1. The lowest BCUT2D eigenvalue weighted by molar-refractivity contribution is -0.162. The zero-order valence-corrected chi connectivity index (χ0v) is 5.81. The minimum absolute atomic E-state index is 0.833. The second kappa shape index (κ2) is 3.56. The third-order valence-corrected chi connectivity index (χ3v) is 1.03. The molecule has 0 aliphatic rings. The Labute approximate surface area is 61.3 Å². The molecule has 0 saturated heterocycles. The summed E-state index contributed by atoms with van der Waals surface area (Å²) in [5, 5.41) is 0. The molecule has 0 fully saturated rings. The number of nitrogens with two attached hydrogens (primary N) is 1. The van der Waals surface area contributed by atoms with Gasteiger partial charge in [0, 0.05) is 0 Å². The highest BCUT2D eigenvalue weighted by Crippen LogP contribution is 2.20. The molecule has 0 bridgehead atoms. The van der Waals surface area contributed by atoms with Gasteiger partial charge in [0.1, 0.15) is 6.04 Å². The quantitative estimate of drug-likeness (QED) is 0.613. The van der Waals surface area contributed by atoms with Crippen molar-refractivity contribution in [1.82, 2.24) is 0 Å². The third-order valence-electron chi connectivity index (χ3n) is 1.03. The molecule has 0 aliphatic heterocycles. The molecule has 0 spiro atoms. The number of halogens is 3. The average Bonchev–Trinajstić information content (AvgIpc) is 1.85. The van der Waals surface area contributed by atoms with Crippen LogP contribution in [-0.2, 0) is 9.53 Å². The Morgan fingerprint density at radius 1 is 1.64 bits per heavy atom. The van der Waals surface area contributed by atoms with E-state index in [4.69, 9.17) is 0 Å². The Hall–Kier alpha value is -0.780. The van der Waals surface area contributed by atoms with Gasteiger partial charge in [0.2, 0.25) is 0 Å². The Morgan fingerprint density at radius 2 is 2.09 bits per heavy atom. The summed E-state index contributed by atoms with van der Waals surface area (Å²) in [6, 6.07) is -2.13. The highest BCUT2D eigenvalue weighted by atomic mass is 19.4. The fourth-order valence-corrected chi connectivity index (χ4v) is 0.379. The van der Waals surface area contributed by atoms with Crippen molar-refractivity contribution >= 4 is 5.97 Å².